The number of halogens is 1. The van der Waals surface area contributed by atoms with Crippen LogP contribution in [0.1, 0.15) is 18.4 Å². The lowest BCUT2D eigenvalue weighted by Crippen LogP contribution is -2.45. The number of nitrogens with one attached hydrogen (secondary N) is 2. The van der Waals surface area contributed by atoms with Crippen molar-refractivity contribution in [1.29, 1.82) is 0 Å². The number of sulfonamides is 1. The maximum Gasteiger partial charge on any atom is 0.240 e. The lowest BCUT2D eigenvalue weighted by atomic mass is 10.1. The van der Waals surface area contributed by atoms with Gasteiger partial charge in [0.2, 0.25) is 10.0 Å². The minimum absolute atomic E-state index is 0.0757. The molecule has 2 aromatic rings. The van der Waals surface area contributed by atoms with Crippen LogP contribution in [0, 0.1) is 12.7 Å². The molecule has 8 heteroatoms. The molecule has 1 aliphatic heterocycles. The first-order valence-electron chi connectivity index (χ1n) is 7.50. The van der Waals surface area contributed by atoms with Crippen LogP contribution in [0.5, 0.6) is 0 Å². The molecule has 1 fully saturated rings. The van der Waals surface area contributed by atoms with E-state index in [9.17, 15) is 12.8 Å². The number of benzene rings is 1. The van der Waals surface area contributed by atoms with Gasteiger partial charge in [-0.15, -0.1) is 0 Å². The summed E-state index contributed by atoms with van der Waals surface area (Å²) < 4.78 is 43.1. The third-order valence-corrected chi connectivity index (χ3v) is 5.32. The van der Waals surface area contributed by atoms with Gasteiger partial charge in [0.1, 0.15) is 11.5 Å². The minimum atomic E-state index is -3.74. The zero-order valence-electron chi connectivity index (χ0n) is 12.8. The Morgan fingerprint density at radius 1 is 1.43 bits per heavy atom. The SMILES string of the molecule is Cc1cnn(-c2ccc(S(=O)(=O)NC3CCCNC3)cc2F)c1. The molecule has 1 aromatic carbocycles. The van der Waals surface area contributed by atoms with E-state index in [0.717, 1.165) is 31.0 Å². The van der Waals surface area contributed by atoms with Gasteiger partial charge in [-0.1, -0.05) is 0 Å². The molecule has 1 aliphatic rings. The van der Waals surface area contributed by atoms with Crippen molar-refractivity contribution in [2.75, 3.05) is 13.1 Å². The van der Waals surface area contributed by atoms with Crippen LogP contribution >= 0.6 is 0 Å². The number of rotatable bonds is 4. The number of hydrogen-bond acceptors (Lipinski definition) is 4. The average molecular weight is 338 g/mol. The highest BCUT2D eigenvalue weighted by Crippen LogP contribution is 2.19. The van der Waals surface area contributed by atoms with E-state index in [2.05, 4.69) is 15.1 Å². The molecule has 1 atom stereocenters. The molecule has 23 heavy (non-hydrogen) atoms. The van der Waals surface area contributed by atoms with Crippen LogP contribution in [-0.2, 0) is 10.0 Å². The average Bonchev–Trinajstić information content (AvgIpc) is 2.94. The van der Waals surface area contributed by atoms with Gasteiger partial charge in [-0.2, -0.15) is 5.10 Å². The van der Waals surface area contributed by atoms with Crippen molar-refractivity contribution < 1.29 is 12.8 Å². The van der Waals surface area contributed by atoms with Crippen LogP contribution in [0.3, 0.4) is 0 Å². The molecule has 2 N–H and O–H groups in total. The van der Waals surface area contributed by atoms with Gasteiger partial charge in [0.15, 0.2) is 0 Å². The number of aromatic nitrogens is 2. The third-order valence-electron chi connectivity index (χ3n) is 3.81. The van der Waals surface area contributed by atoms with E-state index in [0.29, 0.717) is 6.54 Å². The van der Waals surface area contributed by atoms with Gasteiger partial charge < -0.3 is 5.32 Å². The summed E-state index contributed by atoms with van der Waals surface area (Å²) in [6.45, 7) is 3.33. The molecule has 0 bridgehead atoms. The second-order valence-electron chi connectivity index (χ2n) is 5.74. The van der Waals surface area contributed by atoms with E-state index in [1.165, 1.54) is 16.8 Å². The summed E-state index contributed by atoms with van der Waals surface area (Å²) in [7, 11) is -3.74. The van der Waals surface area contributed by atoms with Crippen LogP contribution in [0.4, 0.5) is 4.39 Å². The summed E-state index contributed by atoms with van der Waals surface area (Å²) >= 11 is 0. The molecule has 0 radical (unpaired) electrons. The van der Waals surface area contributed by atoms with E-state index < -0.39 is 15.8 Å². The fourth-order valence-electron chi connectivity index (χ4n) is 2.63. The second-order valence-corrected chi connectivity index (χ2v) is 7.45. The van der Waals surface area contributed by atoms with Crippen molar-refractivity contribution in [3.8, 4) is 5.69 Å². The third kappa shape index (κ3) is 3.60. The zero-order chi connectivity index (χ0) is 16.4. The first-order valence-corrected chi connectivity index (χ1v) is 8.98. The molecule has 6 nitrogen and oxygen atoms in total. The molecule has 0 amide bonds. The summed E-state index contributed by atoms with van der Waals surface area (Å²) in [6.07, 6.45) is 4.98. The topological polar surface area (TPSA) is 76.0 Å². The molecule has 0 spiro atoms. The summed E-state index contributed by atoms with van der Waals surface area (Å²) in [5.41, 5.74) is 1.11. The fourth-order valence-corrected chi connectivity index (χ4v) is 3.91. The summed E-state index contributed by atoms with van der Waals surface area (Å²) in [6, 6.07) is 3.69. The van der Waals surface area contributed by atoms with Crippen molar-refractivity contribution in [3.63, 3.8) is 0 Å². The van der Waals surface area contributed by atoms with Gasteiger partial charge in [-0.3, -0.25) is 0 Å². The molecule has 2 heterocycles. The lowest BCUT2D eigenvalue weighted by Gasteiger charge is -2.23. The van der Waals surface area contributed by atoms with E-state index in [4.69, 9.17) is 0 Å². The number of nitrogens with zero attached hydrogens (tertiary/aromatic N) is 2. The van der Waals surface area contributed by atoms with Crippen molar-refractivity contribution in [1.82, 2.24) is 19.8 Å². The Bertz CT molecular complexity index is 798. The van der Waals surface area contributed by atoms with E-state index in [1.54, 1.807) is 12.4 Å². The molecule has 1 saturated heterocycles. The molecule has 1 aromatic heterocycles. The Labute approximate surface area is 134 Å². The number of piperidine rings is 1. The zero-order valence-corrected chi connectivity index (χ0v) is 13.6. The maximum atomic E-state index is 14.3. The second kappa shape index (κ2) is 6.38. The molecular weight excluding hydrogens is 319 g/mol. The van der Waals surface area contributed by atoms with Crippen molar-refractivity contribution in [2.24, 2.45) is 0 Å². The highest BCUT2D eigenvalue weighted by Gasteiger charge is 2.22. The minimum Gasteiger partial charge on any atom is -0.315 e. The normalized spacial score (nSPS) is 19.0. The molecule has 0 saturated carbocycles. The van der Waals surface area contributed by atoms with Crippen LogP contribution in [0.25, 0.3) is 5.69 Å². The van der Waals surface area contributed by atoms with Crippen LogP contribution in [0.15, 0.2) is 35.5 Å². The van der Waals surface area contributed by atoms with Gasteiger partial charge in [0, 0.05) is 18.8 Å². The summed E-state index contributed by atoms with van der Waals surface area (Å²) in [4.78, 5) is -0.0757. The molecule has 1 unspecified atom stereocenters. The first-order chi connectivity index (χ1) is 11.0. The Kier molecular flexibility index (Phi) is 4.47. The molecular formula is C15H19FN4O2S. The molecule has 3 rings (SSSR count). The van der Waals surface area contributed by atoms with Crippen molar-refractivity contribution in [2.45, 2.75) is 30.7 Å². The lowest BCUT2D eigenvalue weighted by molar-refractivity contribution is 0.428. The van der Waals surface area contributed by atoms with Gasteiger partial charge in [-0.05, 0) is 50.1 Å². The quantitative estimate of drug-likeness (QED) is 0.882. The Balaban J connectivity index is 1.84. The summed E-state index contributed by atoms with van der Waals surface area (Å²) in [5.74, 6) is -0.627. The number of aryl methyl sites for hydroxylation is 1. The highest BCUT2D eigenvalue weighted by atomic mass is 32.2. The van der Waals surface area contributed by atoms with Crippen LogP contribution < -0.4 is 10.0 Å². The Morgan fingerprint density at radius 3 is 2.87 bits per heavy atom. The Morgan fingerprint density at radius 2 is 2.26 bits per heavy atom. The van der Waals surface area contributed by atoms with E-state index >= 15 is 0 Å². The van der Waals surface area contributed by atoms with E-state index in [1.807, 2.05) is 6.92 Å². The monoisotopic (exact) mass is 338 g/mol. The van der Waals surface area contributed by atoms with Crippen molar-refractivity contribution in [3.05, 3.63) is 42.0 Å². The highest BCUT2D eigenvalue weighted by molar-refractivity contribution is 7.89. The predicted molar refractivity (Wildman–Crippen MR) is 84.5 cm³/mol. The van der Waals surface area contributed by atoms with Crippen LogP contribution in [-0.4, -0.2) is 37.3 Å². The number of hydrogen-bond donors (Lipinski definition) is 2. The van der Waals surface area contributed by atoms with Crippen molar-refractivity contribution >= 4 is 10.0 Å². The van der Waals surface area contributed by atoms with Gasteiger partial charge >= 0.3 is 0 Å². The summed E-state index contributed by atoms with van der Waals surface area (Å²) in [5, 5.41) is 7.18. The standard InChI is InChI=1S/C15H19FN4O2S/c1-11-8-18-20(10-11)15-5-4-13(7-14(15)16)23(21,22)19-12-3-2-6-17-9-12/h4-5,7-8,10,12,17,19H,2-3,6,9H2,1H3. The maximum absolute atomic E-state index is 14.3. The molecule has 124 valence electrons. The fraction of sp³-hybridized carbons (Fsp3) is 0.400. The predicted octanol–water partition coefficient (Wildman–Crippen LogP) is 1.35. The smallest absolute Gasteiger partial charge is 0.240 e. The molecule has 0 aliphatic carbocycles. The van der Waals surface area contributed by atoms with Crippen LogP contribution in [0.2, 0.25) is 0 Å². The largest absolute Gasteiger partial charge is 0.315 e. The van der Waals surface area contributed by atoms with Gasteiger partial charge in [0.25, 0.3) is 0 Å². The van der Waals surface area contributed by atoms with Gasteiger partial charge in [-0.25, -0.2) is 22.2 Å². The van der Waals surface area contributed by atoms with Gasteiger partial charge in [0.05, 0.1) is 11.1 Å². The Hall–Kier alpha value is -1.77. The first kappa shape index (κ1) is 16.1. The van der Waals surface area contributed by atoms with E-state index in [-0.39, 0.29) is 16.6 Å².